The predicted molar refractivity (Wildman–Crippen MR) is 169 cm³/mol. The first-order valence-corrected chi connectivity index (χ1v) is 16.6. The lowest BCUT2D eigenvalue weighted by Gasteiger charge is -2.60. The molecule has 3 N–H and O–H groups in total. The third kappa shape index (κ3) is 5.48. The molecule has 3 saturated heterocycles. The predicted octanol–water partition coefficient (Wildman–Crippen LogP) is 3.55. The quantitative estimate of drug-likeness (QED) is 0.364. The summed E-state index contributed by atoms with van der Waals surface area (Å²) in [4.78, 5) is 43.1. The number of ether oxygens (including phenoxy) is 2. The van der Waals surface area contributed by atoms with Crippen molar-refractivity contribution in [2.45, 2.75) is 61.4 Å². The van der Waals surface area contributed by atoms with E-state index in [0.29, 0.717) is 31.0 Å². The molecule has 256 valence electrons. The summed E-state index contributed by atoms with van der Waals surface area (Å²) >= 11 is 12.6. The Kier molecular flexibility index (Phi) is 9.47. The normalized spacial score (nSPS) is 33.3. The topological polar surface area (TPSA) is 109 Å². The number of hydrogen-bond acceptors (Lipinski definition) is 6. The molecule has 1 aromatic rings. The van der Waals surface area contributed by atoms with Crippen molar-refractivity contribution in [1.29, 1.82) is 0 Å². The number of benzene rings is 1. The maximum Gasteiger partial charge on any atom is 0.251 e. The smallest absolute Gasteiger partial charge is 0.251 e. The second-order valence-electron chi connectivity index (χ2n) is 13.6. The van der Waals surface area contributed by atoms with Crippen LogP contribution in [0.1, 0.15) is 37.2 Å². The third-order valence-corrected chi connectivity index (χ3v) is 11.4. The monoisotopic (exact) mass is 698 g/mol. The zero-order valence-electron chi connectivity index (χ0n) is 26.2. The average molecular weight is 700 g/mol. The molecule has 2 unspecified atom stereocenters. The van der Waals surface area contributed by atoms with E-state index >= 15 is 4.39 Å². The maximum atomic E-state index is 16.1. The van der Waals surface area contributed by atoms with Gasteiger partial charge in [-0.15, -0.1) is 0 Å². The van der Waals surface area contributed by atoms with Gasteiger partial charge in [-0.25, -0.2) is 4.39 Å². The van der Waals surface area contributed by atoms with Gasteiger partial charge in [0, 0.05) is 48.5 Å². The van der Waals surface area contributed by atoms with Crippen LogP contribution in [-0.2, 0) is 23.9 Å². The highest BCUT2D eigenvalue weighted by Gasteiger charge is 2.80. The Morgan fingerprint density at radius 1 is 1.19 bits per heavy atom. The Morgan fingerprint density at radius 3 is 2.60 bits per heavy atom. The first-order chi connectivity index (χ1) is 22.5. The molecule has 3 heterocycles. The van der Waals surface area contributed by atoms with Gasteiger partial charge in [0.25, 0.3) is 5.91 Å². The van der Waals surface area contributed by atoms with E-state index in [1.165, 1.54) is 17.0 Å². The van der Waals surface area contributed by atoms with Crippen LogP contribution < -0.4 is 16.0 Å². The highest BCUT2D eigenvalue weighted by Crippen LogP contribution is 2.70. The molecule has 1 aromatic carbocycles. The number of rotatable bonds is 9. The van der Waals surface area contributed by atoms with Crippen LogP contribution in [0.4, 0.5) is 13.2 Å². The Bertz CT molecular complexity index is 1480. The standard InChI is InChI=1S/C33H39Cl2F3N4O5/c1-42(10-11-46-2)29(44)24-9-7-19(13-47-24)39-28(43)27-25(20-4-3-5-22(35)26(20)38)33(32(41-27)14-31(15-32,16-36)17-37)21-8-6-18(34)12-23(21)40-30(33)45/h3-6,8,12,19,21,23-25,27,41H,7,9-11,13-17H2,1-2H3,(H,39,43)(H,40,45)/t19-,21?,23?,24+,25+,27-,33-/m1/s1. The van der Waals surface area contributed by atoms with Crippen LogP contribution in [0.3, 0.4) is 0 Å². The summed E-state index contributed by atoms with van der Waals surface area (Å²) in [7, 11) is 3.22. The molecule has 1 saturated carbocycles. The average Bonchev–Trinajstić information content (AvgIpc) is 3.51. The molecule has 0 radical (unpaired) electrons. The SMILES string of the molecule is COCCN(C)C(=O)[C@@H]1CC[C@@H](NC(=O)[C@@H]2NC3(CC(CF)(CF)C3)[C@@]3(C(=O)NC4C=C(Cl)C=CC43)[C@H]2c2cccc(Cl)c2F)CO1. The van der Waals surface area contributed by atoms with E-state index in [1.807, 2.05) is 0 Å². The zero-order chi connectivity index (χ0) is 33.7. The molecule has 47 heavy (non-hydrogen) atoms. The molecule has 5 aliphatic rings. The van der Waals surface area contributed by atoms with Crippen LogP contribution in [0.25, 0.3) is 0 Å². The Hall–Kier alpha value is -2.64. The summed E-state index contributed by atoms with van der Waals surface area (Å²) in [6.07, 6.45) is 5.07. The van der Waals surface area contributed by atoms with Gasteiger partial charge in [-0.2, -0.15) is 0 Å². The first-order valence-electron chi connectivity index (χ1n) is 15.8. The van der Waals surface area contributed by atoms with Crippen molar-refractivity contribution < 1.29 is 37.0 Å². The summed E-state index contributed by atoms with van der Waals surface area (Å²) < 4.78 is 55.7. The van der Waals surface area contributed by atoms with Crippen molar-refractivity contribution in [3.8, 4) is 0 Å². The molecule has 4 fully saturated rings. The highest BCUT2D eigenvalue weighted by molar-refractivity contribution is 6.31. The number of carbonyl (C=O) groups is 3. The number of amides is 3. The lowest BCUT2D eigenvalue weighted by Crippen LogP contribution is -2.70. The van der Waals surface area contributed by atoms with Crippen molar-refractivity contribution >= 4 is 40.9 Å². The Balaban J connectivity index is 1.34. The van der Waals surface area contributed by atoms with Crippen LogP contribution in [-0.4, -0.2) is 99.7 Å². The number of hydrogen-bond donors (Lipinski definition) is 3. The minimum absolute atomic E-state index is 0.0505. The van der Waals surface area contributed by atoms with Crippen molar-refractivity contribution in [2.24, 2.45) is 16.7 Å². The van der Waals surface area contributed by atoms with Gasteiger partial charge in [-0.05, 0) is 49.5 Å². The van der Waals surface area contributed by atoms with Crippen LogP contribution in [0, 0.1) is 22.6 Å². The van der Waals surface area contributed by atoms with Gasteiger partial charge in [0.15, 0.2) is 0 Å². The number of likely N-dealkylation sites (N-methyl/N-ethyl adjacent to an activating group) is 1. The van der Waals surface area contributed by atoms with E-state index in [4.69, 9.17) is 32.7 Å². The van der Waals surface area contributed by atoms with E-state index in [1.54, 1.807) is 38.5 Å². The van der Waals surface area contributed by atoms with E-state index in [2.05, 4.69) is 16.0 Å². The van der Waals surface area contributed by atoms with Crippen molar-refractivity contribution in [3.05, 3.63) is 57.9 Å². The number of nitrogens with one attached hydrogen (secondary N) is 3. The van der Waals surface area contributed by atoms with Gasteiger partial charge in [0.1, 0.15) is 11.9 Å². The van der Waals surface area contributed by atoms with E-state index in [0.717, 1.165) is 0 Å². The Morgan fingerprint density at radius 2 is 1.94 bits per heavy atom. The summed E-state index contributed by atoms with van der Waals surface area (Å²) in [5, 5.41) is 9.56. The fourth-order valence-electron chi connectivity index (χ4n) is 8.77. The van der Waals surface area contributed by atoms with Crippen molar-refractivity contribution in [3.63, 3.8) is 0 Å². The summed E-state index contributed by atoms with van der Waals surface area (Å²) in [6, 6.07) is 2.19. The molecule has 7 atom stereocenters. The minimum Gasteiger partial charge on any atom is -0.383 e. The number of carbonyl (C=O) groups excluding carboxylic acids is 3. The molecule has 0 bridgehead atoms. The number of alkyl halides is 2. The molecule has 0 aromatic heterocycles. The number of nitrogens with zero attached hydrogens (tertiary/aromatic N) is 1. The zero-order valence-corrected chi connectivity index (χ0v) is 27.7. The number of allylic oxidation sites excluding steroid dienone is 2. The van der Waals surface area contributed by atoms with Crippen LogP contribution in [0.5, 0.6) is 0 Å². The van der Waals surface area contributed by atoms with Gasteiger partial charge in [0.2, 0.25) is 11.8 Å². The van der Waals surface area contributed by atoms with Crippen LogP contribution >= 0.6 is 23.2 Å². The van der Waals surface area contributed by atoms with E-state index in [9.17, 15) is 23.2 Å². The molecular weight excluding hydrogens is 660 g/mol. The fraction of sp³-hybridized carbons (Fsp3) is 0.606. The number of halogens is 5. The second-order valence-corrected chi connectivity index (χ2v) is 14.5. The molecule has 3 amide bonds. The number of fused-ring (bicyclic) bond motifs is 3. The summed E-state index contributed by atoms with van der Waals surface area (Å²) in [6.45, 7) is -1.05. The van der Waals surface area contributed by atoms with Crippen LogP contribution in [0.2, 0.25) is 5.02 Å². The van der Waals surface area contributed by atoms with Gasteiger partial charge < -0.3 is 25.0 Å². The summed E-state index contributed by atoms with van der Waals surface area (Å²) in [5.41, 5.74) is -4.08. The molecule has 6 rings (SSSR count). The van der Waals surface area contributed by atoms with E-state index in [-0.39, 0.29) is 35.9 Å². The lowest BCUT2D eigenvalue weighted by atomic mass is 9.44. The third-order valence-electron chi connectivity index (χ3n) is 10.9. The lowest BCUT2D eigenvalue weighted by molar-refractivity contribution is -0.147. The fourth-order valence-corrected chi connectivity index (χ4v) is 9.16. The Labute approximate surface area is 281 Å². The molecule has 2 aliphatic carbocycles. The summed E-state index contributed by atoms with van der Waals surface area (Å²) in [5.74, 6) is -3.68. The van der Waals surface area contributed by atoms with Gasteiger partial charge in [0.05, 0.1) is 55.1 Å². The number of methoxy groups -OCH3 is 1. The van der Waals surface area contributed by atoms with E-state index < -0.39 is 83.4 Å². The maximum absolute atomic E-state index is 16.1. The van der Waals surface area contributed by atoms with Gasteiger partial charge in [-0.1, -0.05) is 41.4 Å². The van der Waals surface area contributed by atoms with Crippen LogP contribution in [0.15, 0.2) is 41.5 Å². The molecule has 3 aliphatic heterocycles. The molecule has 14 heteroatoms. The van der Waals surface area contributed by atoms with Crippen molar-refractivity contribution in [2.75, 3.05) is 47.3 Å². The minimum atomic E-state index is -1.53. The highest BCUT2D eigenvalue weighted by atomic mass is 35.5. The second kappa shape index (κ2) is 13.0. The van der Waals surface area contributed by atoms with Gasteiger partial charge in [-0.3, -0.25) is 28.5 Å². The van der Waals surface area contributed by atoms with Gasteiger partial charge >= 0.3 is 0 Å². The van der Waals surface area contributed by atoms with Crippen molar-refractivity contribution in [1.82, 2.24) is 20.9 Å². The molecule has 9 nitrogen and oxygen atoms in total. The largest absolute Gasteiger partial charge is 0.383 e. The first kappa shape index (κ1) is 34.2. The molecular formula is C33H39Cl2F3N4O5. The molecule has 2 spiro atoms.